The summed E-state index contributed by atoms with van der Waals surface area (Å²) in [4.78, 5) is 18.5. The van der Waals surface area contributed by atoms with E-state index in [4.69, 9.17) is 0 Å². The number of rotatable bonds is 6. The zero-order valence-corrected chi connectivity index (χ0v) is 14.2. The van der Waals surface area contributed by atoms with E-state index >= 15 is 0 Å². The molecule has 0 radical (unpaired) electrons. The van der Waals surface area contributed by atoms with Gasteiger partial charge in [0, 0.05) is 18.4 Å². The Morgan fingerprint density at radius 1 is 1.17 bits per heavy atom. The van der Waals surface area contributed by atoms with Crippen LogP contribution in [0.25, 0.3) is 0 Å². The second-order valence-corrected chi connectivity index (χ2v) is 6.36. The molecule has 2 rings (SSSR count). The number of halogens is 1. The van der Waals surface area contributed by atoms with E-state index in [2.05, 4.69) is 4.98 Å². The molecule has 1 aromatic heterocycles. The number of aliphatic hydroxyl groups excluding tert-OH is 1. The van der Waals surface area contributed by atoms with Gasteiger partial charge in [-0.2, -0.15) is 0 Å². The van der Waals surface area contributed by atoms with Gasteiger partial charge < -0.3 is 10.0 Å². The molecule has 0 saturated carbocycles. The van der Waals surface area contributed by atoms with Crippen LogP contribution in [0.2, 0.25) is 0 Å². The second kappa shape index (κ2) is 8.02. The Labute approximate surface area is 142 Å². The average molecular weight is 330 g/mol. The van der Waals surface area contributed by atoms with Gasteiger partial charge in [-0.3, -0.25) is 9.78 Å². The van der Waals surface area contributed by atoms with Gasteiger partial charge in [-0.05, 0) is 42.7 Å². The molecule has 0 fully saturated rings. The molecule has 1 atom stereocenters. The molecule has 0 aliphatic carbocycles. The zero-order valence-electron chi connectivity index (χ0n) is 14.2. The molecule has 1 amide bonds. The molecular weight excluding hydrogens is 307 g/mol. The summed E-state index contributed by atoms with van der Waals surface area (Å²) in [5.41, 5.74) is 1.92. The fourth-order valence-corrected chi connectivity index (χ4v) is 2.46. The second-order valence-electron chi connectivity index (χ2n) is 6.36. The summed E-state index contributed by atoms with van der Waals surface area (Å²) in [6.45, 7) is 6.55. The Morgan fingerprint density at radius 3 is 2.38 bits per heavy atom. The van der Waals surface area contributed by atoms with Gasteiger partial charge in [0.15, 0.2) is 0 Å². The van der Waals surface area contributed by atoms with Gasteiger partial charge in [0.05, 0.1) is 18.2 Å². The standard InChI is InChI=1S/C19H23FN2O2/c1-13(2)11-22(19(24)16-5-4-14(3)21-10-16)12-18(23)15-6-8-17(20)9-7-15/h4-10,13,18,23H,11-12H2,1-3H3. The van der Waals surface area contributed by atoms with Gasteiger partial charge in [0.2, 0.25) is 0 Å². The Kier molecular flexibility index (Phi) is 6.04. The highest BCUT2D eigenvalue weighted by Crippen LogP contribution is 2.17. The summed E-state index contributed by atoms with van der Waals surface area (Å²) >= 11 is 0. The molecule has 1 unspecified atom stereocenters. The van der Waals surface area contributed by atoms with E-state index in [1.54, 1.807) is 23.2 Å². The number of aryl methyl sites for hydroxylation is 1. The summed E-state index contributed by atoms with van der Waals surface area (Å²) in [7, 11) is 0. The van der Waals surface area contributed by atoms with Crippen LogP contribution in [-0.4, -0.2) is 34.0 Å². The lowest BCUT2D eigenvalue weighted by atomic mass is 10.1. The summed E-state index contributed by atoms with van der Waals surface area (Å²) in [6, 6.07) is 9.20. The Bertz CT molecular complexity index is 669. The molecule has 1 N–H and O–H groups in total. The molecule has 1 heterocycles. The van der Waals surface area contributed by atoms with Crippen LogP contribution in [-0.2, 0) is 0 Å². The lowest BCUT2D eigenvalue weighted by molar-refractivity contribution is 0.0594. The highest BCUT2D eigenvalue weighted by Gasteiger charge is 2.21. The number of nitrogens with zero attached hydrogens (tertiary/aromatic N) is 2. The Hall–Kier alpha value is -2.27. The number of amides is 1. The third-order valence-electron chi connectivity index (χ3n) is 3.68. The third-order valence-corrected chi connectivity index (χ3v) is 3.68. The summed E-state index contributed by atoms with van der Waals surface area (Å²) in [5.74, 6) is -0.267. The van der Waals surface area contributed by atoms with Crippen LogP contribution in [0.4, 0.5) is 4.39 Å². The van der Waals surface area contributed by atoms with Crippen molar-refractivity contribution in [1.29, 1.82) is 0 Å². The molecule has 0 aliphatic heterocycles. The van der Waals surface area contributed by atoms with E-state index in [-0.39, 0.29) is 24.2 Å². The first-order valence-corrected chi connectivity index (χ1v) is 8.02. The van der Waals surface area contributed by atoms with Crippen molar-refractivity contribution in [3.63, 3.8) is 0 Å². The van der Waals surface area contributed by atoms with Crippen molar-refractivity contribution in [3.8, 4) is 0 Å². The minimum Gasteiger partial charge on any atom is -0.387 e. The first kappa shape index (κ1) is 18.1. The predicted octanol–water partition coefficient (Wildman–Crippen LogP) is 3.36. The van der Waals surface area contributed by atoms with E-state index in [1.165, 1.54) is 24.3 Å². The molecule has 24 heavy (non-hydrogen) atoms. The molecule has 4 nitrogen and oxygen atoms in total. The molecule has 1 aromatic carbocycles. The van der Waals surface area contributed by atoms with Crippen LogP contribution >= 0.6 is 0 Å². The van der Waals surface area contributed by atoms with Gasteiger partial charge in [-0.15, -0.1) is 0 Å². The highest BCUT2D eigenvalue weighted by atomic mass is 19.1. The van der Waals surface area contributed by atoms with E-state index in [1.807, 2.05) is 20.8 Å². The first-order chi connectivity index (χ1) is 11.4. The van der Waals surface area contributed by atoms with Crippen molar-refractivity contribution < 1.29 is 14.3 Å². The number of hydrogen-bond donors (Lipinski definition) is 1. The van der Waals surface area contributed by atoms with Crippen LogP contribution in [0, 0.1) is 18.7 Å². The molecular formula is C19H23FN2O2. The van der Waals surface area contributed by atoms with E-state index in [0.717, 1.165) is 5.69 Å². The number of hydrogen-bond acceptors (Lipinski definition) is 3. The Balaban J connectivity index is 2.16. The lowest BCUT2D eigenvalue weighted by Gasteiger charge is -2.27. The number of aromatic nitrogens is 1. The summed E-state index contributed by atoms with van der Waals surface area (Å²) in [6.07, 6.45) is 0.682. The number of aliphatic hydroxyl groups is 1. The van der Waals surface area contributed by atoms with E-state index < -0.39 is 6.10 Å². The minimum atomic E-state index is -0.869. The van der Waals surface area contributed by atoms with Crippen LogP contribution in [0.3, 0.4) is 0 Å². The van der Waals surface area contributed by atoms with Crippen LogP contribution < -0.4 is 0 Å². The molecule has 0 aliphatic rings. The van der Waals surface area contributed by atoms with Gasteiger partial charge in [0.25, 0.3) is 5.91 Å². The number of carbonyl (C=O) groups excluding carboxylic acids is 1. The van der Waals surface area contributed by atoms with Crippen molar-refractivity contribution >= 4 is 5.91 Å². The van der Waals surface area contributed by atoms with Crippen molar-refractivity contribution in [2.75, 3.05) is 13.1 Å². The van der Waals surface area contributed by atoms with Crippen molar-refractivity contribution in [2.45, 2.75) is 26.9 Å². The topological polar surface area (TPSA) is 53.4 Å². The van der Waals surface area contributed by atoms with Gasteiger partial charge in [-0.25, -0.2) is 4.39 Å². The molecule has 128 valence electrons. The maximum Gasteiger partial charge on any atom is 0.255 e. The SMILES string of the molecule is Cc1ccc(C(=O)N(CC(C)C)CC(O)c2ccc(F)cc2)cn1. The smallest absolute Gasteiger partial charge is 0.255 e. The van der Waals surface area contributed by atoms with Crippen LogP contribution in [0.5, 0.6) is 0 Å². The fraction of sp³-hybridized carbons (Fsp3) is 0.368. The van der Waals surface area contributed by atoms with E-state index in [0.29, 0.717) is 17.7 Å². The quantitative estimate of drug-likeness (QED) is 0.883. The fourth-order valence-electron chi connectivity index (χ4n) is 2.46. The highest BCUT2D eigenvalue weighted by molar-refractivity contribution is 5.94. The molecule has 2 aromatic rings. The number of carbonyl (C=O) groups is 1. The zero-order chi connectivity index (χ0) is 17.7. The molecule has 0 saturated heterocycles. The van der Waals surface area contributed by atoms with Crippen molar-refractivity contribution in [3.05, 3.63) is 65.2 Å². The lowest BCUT2D eigenvalue weighted by Crippen LogP contribution is -2.37. The van der Waals surface area contributed by atoms with Crippen molar-refractivity contribution in [1.82, 2.24) is 9.88 Å². The van der Waals surface area contributed by atoms with Crippen molar-refractivity contribution in [2.24, 2.45) is 5.92 Å². The normalized spacial score (nSPS) is 12.2. The van der Waals surface area contributed by atoms with Gasteiger partial charge >= 0.3 is 0 Å². The Morgan fingerprint density at radius 2 is 1.83 bits per heavy atom. The third kappa shape index (κ3) is 4.86. The van der Waals surface area contributed by atoms with E-state index in [9.17, 15) is 14.3 Å². The van der Waals surface area contributed by atoms with Crippen LogP contribution in [0.15, 0.2) is 42.6 Å². The average Bonchev–Trinajstić information content (AvgIpc) is 2.54. The first-order valence-electron chi connectivity index (χ1n) is 8.02. The predicted molar refractivity (Wildman–Crippen MR) is 91.1 cm³/mol. The number of benzene rings is 1. The largest absolute Gasteiger partial charge is 0.387 e. The summed E-state index contributed by atoms with van der Waals surface area (Å²) < 4.78 is 13.0. The molecule has 0 bridgehead atoms. The van der Waals surface area contributed by atoms with Crippen LogP contribution in [0.1, 0.15) is 41.6 Å². The maximum absolute atomic E-state index is 13.0. The molecule has 5 heteroatoms. The van der Waals surface area contributed by atoms with Gasteiger partial charge in [0.1, 0.15) is 5.82 Å². The molecule has 0 spiro atoms. The number of pyridine rings is 1. The monoisotopic (exact) mass is 330 g/mol. The maximum atomic E-state index is 13.0. The van der Waals surface area contributed by atoms with Gasteiger partial charge in [-0.1, -0.05) is 26.0 Å². The summed E-state index contributed by atoms with van der Waals surface area (Å²) in [5, 5.41) is 10.4. The minimum absolute atomic E-state index is 0.149.